The van der Waals surface area contributed by atoms with Crippen molar-refractivity contribution < 1.29 is 9.13 Å². The maximum atomic E-state index is 14.0. The highest BCUT2D eigenvalue weighted by atomic mass is 19.1. The molecule has 5 nitrogen and oxygen atoms in total. The number of benzene rings is 1. The van der Waals surface area contributed by atoms with E-state index in [1.165, 1.54) is 12.4 Å². The van der Waals surface area contributed by atoms with Gasteiger partial charge in [-0.2, -0.15) is 5.10 Å². The molecule has 0 spiro atoms. The number of para-hydroxylation sites is 1. The average Bonchev–Trinajstić information content (AvgIpc) is 2.85. The highest BCUT2D eigenvalue weighted by Gasteiger charge is 2.13. The molecule has 114 valence electrons. The minimum atomic E-state index is -0.380. The summed E-state index contributed by atoms with van der Waals surface area (Å²) in [5.74, 6) is 0.558. The van der Waals surface area contributed by atoms with Crippen molar-refractivity contribution in [2.75, 3.05) is 0 Å². The van der Waals surface area contributed by atoms with Crippen molar-refractivity contribution in [2.24, 2.45) is 5.73 Å². The minimum absolute atomic E-state index is 0.0575. The number of nitrogens with two attached hydrogens (primary N) is 1. The lowest BCUT2D eigenvalue weighted by Gasteiger charge is -2.14. The van der Waals surface area contributed by atoms with Crippen molar-refractivity contribution in [1.82, 2.24) is 14.8 Å². The summed E-state index contributed by atoms with van der Waals surface area (Å²) in [5.41, 5.74) is 6.56. The molecule has 1 heterocycles. The standard InChI is InChI=1S/C15H21FN4O/c1-3-7-20-14(18-10-19-20)9-21-15-12(8-11(2)17)5-4-6-13(15)16/h4-6,10-11H,3,7-9,17H2,1-2H3. The fourth-order valence-corrected chi connectivity index (χ4v) is 2.16. The van der Waals surface area contributed by atoms with Crippen LogP contribution in [0.3, 0.4) is 0 Å². The van der Waals surface area contributed by atoms with E-state index < -0.39 is 0 Å². The molecule has 21 heavy (non-hydrogen) atoms. The topological polar surface area (TPSA) is 66.0 Å². The van der Waals surface area contributed by atoms with Gasteiger partial charge in [-0.05, 0) is 31.4 Å². The van der Waals surface area contributed by atoms with Crippen LogP contribution in [0.15, 0.2) is 24.5 Å². The van der Waals surface area contributed by atoms with Crippen molar-refractivity contribution in [1.29, 1.82) is 0 Å². The zero-order chi connectivity index (χ0) is 15.2. The Morgan fingerprint density at radius 1 is 1.43 bits per heavy atom. The first-order valence-electron chi connectivity index (χ1n) is 7.14. The lowest BCUT2D eigenvalue weighted by Crippen LogP contribution is -2.19. The van der Waals surface area contributed by atoms with Crippen LogP contribution in [0.25, 0.3) is 0 Å². The van der Waals surface area contributed by atoms with E-state index in [1.54, 1.807) is 10.7 Å². The summed E-state index contributed by atoms with van der Waals surface area (Å²) in [4.78, 5) is 4.15. The number of nitrogens with zero attached hydrogens (tertiary/aromatic N) is 3. The van der Waals surface area contributed by atoms with Gasteiger partial charge in [0.05, 0.1) is 0 Å². The minimum Gasteiger partial charge on any atom is -0.482 e. The number of ether oxygens (including phenoxy) is 1. The van der Waals surface area contributed by atoms with Gasteiger partial charge in [0, 0.05) is 12.6 Å². The molecule has 2 N–H and O–H groups in total. The molecule has 0 aliphatic carbocycles. The van der Waals surface area contributed by atoms with E-state index in [2.05, 4.69) is 17.0 Å². The Balaban J connectivity index is 2.13. The maximum Gasteiger partial charge on any atom is 0.165 e. The highest BCUT2D eigenvalue weighted by Crippen LogP contribution is 2.24. The fraction of sp³-hybridized carbons (Fsp3) is 0.467. The van der Waals surface area contributed by atoms with Crippen LogP contribution >= 0.6 is 0 Å². The van der Waals surface area contributed by atoms with Gasteiger partial charge >= 0.3 is 0 Å². The molecule has 0 fully saturated rings. The average molecular weight is 292 g/mol. The molecule has 1 atom stereocenters. The van der Waals surface area contributed by atoms with E-state index in [0.29, 0.717) is 12.2 Å². The number of aryl methyl sites for hydroxylation is 1. The van der Waals surface area contributed by atoms with Crippen molar-refractivity contribution >= 4 is 0 Å². The predicted molar refractivity (Wildman–Crippen MR) is 78.4 cm³/mol. The molecule has 0 saturated carbocycles. The van der Waals surface area contributed by atoms with Gasteiger partial charge in [0.2, 0.25) is 0 Å². The van der Waals surface area contributed by atoms with E-state index >= 15 is 0 Å². The first kappa shape index (κ1) is 15.4. The van der Waals surface area contributed by atoms with Crippen LogP contribution in [0, 0.1) is 5.82 Å². The normalized spacial score (nSPS) is 12.4. The summed E-state index contributed by atoms with van der Waals surface area (Å²) < 4.78 is 21.4. The monoisotopic (exact) mass is 292 g/mol. The van der Waals surface area contributed by atoms with Crippen LogP contribution in [0.2, 0.25) is 0 Å². The number of halogens is 1. The van der Waals surface area contributed by atoms with Gasteiger partial charge < -0.3 is 10.5 Å². The molecule has 0 aliphatic heterocycles. The first-order valence-corrected chi connectivity index (χ1v) is 7.14. The summed E-state index contributed by atoms with van der Waals surface area (Å²) in [7, 11) is 0. The second kappa shape index (κ2) is 7.17. The Hall–Kier alpha value is -1.95. The fourth-order valence-electron chi connectivity index (χ4n) is 2.16. The van der Waals surface area contributed by atoms with Crippen LogP contribution in [0.1, 0.15) is 31.7 Å². The van der Waals surface area contributed by atoms with Gasteiger partial charge in [-0.25, -0.2) is 14.1 Å². The van der Waals surface area contributed by atoms with E-state index in [1.807, 2.05) is 13.0 Å². The Bertz CT molecular complexity index is 583. The first-order chi connectivity index (χ1) is 10.1. The third-order valence-electron chi connectivity index (χ3n) is 3.07. The van der Waals surface area contributed by atoms with Gasteiger partial charge in [0.25, 0.3) is 0 Å². The zero-order valence-electron chi connectivity index (χ0n) is 12.4. The lowest BCUT2D eigenvalue weighted by molar-refractivity contribution is 0.269. The van der Waals surface area contributed by atoms with Gasteiger partial charge in [-0.15, -0.1) is 0 Å². The molecule has 0 saturated heterocycles. The Morgan fingerprint density at radius 3 is 2.95 bits per heavy atom. The van der Waals surface area contributed by atoms with E-state index in [9.17, 15) is 4.39 Å². The van der Waals surface area contributed by atoms with Crippen LogP contribution in [0.5, 0.6) is 5.75 Å². The molecule has 1 aromatic heterocycles. The third-order valence-corrected chi connectivity index (χ3v) is 3.07. The zero-order valence-corrected chi connectivity index (χ0v) is 12.4. The van der Waals surface area contributed by atoms with Crippen molar-refractivity contribution in [3.05, 3.63) is 41.7 Å². The summed E-state index contributed by atoms with van der Waals surface area (Å²) in [6, 6.07) is 4.83. The van der Waals surface area contributed by atoms with Crippen LogP contribution < -0.4 is 10.5 Å². The van der Waals surface area contributed by atoms with Crippen LogP contribution in [0.4, 0.5) is 4.39 Å². The molecule has 1 aromatic carbocycles. The van der Waals surface area contributed by atoms with Crippen molar-refractivity contribution in [2.45, 2.75) is 45.9 Å². The highest BCUT2D eigenvalue weighted by molar-refractivity contribution is 5.35. The van der Waals surface area contributed by atoms with E-state index in [-0.39, 0.29) is 24.2 Å². The summed E-state index contributed by atoms with van der Waals surface area (Å²) in [5, 5.41) is 4.12. The van der Waals surface area contributed by atoms with Gasteiger partial charge in [0.15, 0.2) is 17.4 Å². The SMILES string of the molecule is CCCn1ncnc1COc1c(F)cccc1CC(C)N. The molecule has 2 aromatic rings. The van der Waals surface area contributed by atoms with E-state index in [4.69, 9.17) is 10.5 Å². The number of hydrogen-bond donors (Lipinski definition) is 1. The summed E-state index contributed by atoms with van der Waals surface area (Å²) in [6.45, 7) is 4.89. The smallest absolute Gasteiger partial charge is 0.165 e. The van der Waals surface area contributed by atoms with Gasteiger partial charge in [-0.3, -0.25) is 0 Å². The molecule has 0 aliphatic rings. The maximum absolute atomic E-state index is 14.0. The molecular formula is C15H21FN4O. The molecular weight excluding hydrogens is 271 g/mol. The number of aromatic nitrogens is 3. The summed E-state index contributed by atoms with van der Waals surface area (Å²) in [6.07, 6.45) is 3.00. The quantitative estimate of drug-likeness (QED) is 0.850. The van der Waals surface area contributed by atoms with Gasteiger partial charge in [0.1, 0.15) is 12.9 Å². The molecule has 1 unspecified atom stereocenters. The van der Waals surface area contributed by atoms with Crippen LogP contribution in [-0.2, 0) is 19.6 Å². The Kier molecular flexibility index (Phi) is 5.27. The summed E-state index contributed by atoms with van der Waals surface area (Å²) >= 11 is 0. The molecule has 0 amide bonds. The Labute approximate surface area is 123 Å². The Morgan fingerprint density at radius 2 is 2.24 bits per heavy atom. The van der Waals surface area contributed by atoms with Gasteiger partial charge in [-0.1, -0.05) is 19.1 Å². The van der Waals surface area contributed by atoms with Crippen LogP contribution in [-0.4, -0.2) is 20.8 Å². The van der Waals surface area contributed by atoms with Crippen molar-refractivity contribution in [3.8, 4) is 5.75 Å². The number of hydrogen-bond acceptors (Lipinski definition) is 4. The second-order valence-corrected chi connectivity index (χ2v) is 5.10. The molecule has 6 heteroatoms. The third kappa shape index (κ3) is 4.01. The molecule has 0 bridgehead atoms. The molecule has 0 radical (unpaired) electrons. The van der Waals surface area contributed by atoms with E-state index in [0.717, 1.165) is 18.5 Å². The van der Waals surface area contributed by atoms with Crippen molar-refractivity contribution in [3.63, 3.8) is 0 Å². The second-order valence-electron chi connectivity index (χ2n) is 5.10. The number of rotatable bonds is 7. The lowest BCUT2D eigenvalue weighted by atomic mass is 10.1. The predicted octanol–water partition coefficient (Wildman–Crippen LogP) is 2.30. The molecule has 2 rings (SSSR count). The largest absolute Gasteiger partial charge is 0.482 e.